The first-order valence-electron chi connectivity index (χ1n) is 6.45. The molecule has 1 saturated heterocycles. The Bertz CT molecular complexity index is 317. The lowest BCUT2D eigenvalue weighted by Crippen LogP contribution is -2.22. The number of rotatable bonds is 6. The van der Waals surface area contributed by atoms with Crippen LogP contribution < -0.4 is 11.1 Å². The van der Waals surface area contributed by atoms with Crippen molar-refractivity contribution in [2.24, 2.45) is 11.7 Å². The minimum atomic E-state index is 0.700. The van der Waals surface area contributed by atoms with Gasteiger partial charge in [0.15, 0.2) is 0 Å². The van der Waals surface area contributed by atoms with Gasteiger partial charge in [-0.2, -0.15) is 0 Å². The molecule has 0 spiro atoms. The average molecular weight is 234 g/mol. The summed E-state index contributed by atoms with van der Waals surface area (Å²) in [4.78, 5) is 0. The Morgan fingerprint density at radius 2 is 2.00 bits per heavy atom. The number of nitrogens with one attached hydrogen (secondary N) is 1. The van der Waals surface area contributed by atoms with E-state index in [1.165, 1.54) is 17.5 Å². The maximum absolute atomic E-state index is 5.52. The standard InChI is InChI=1S/C14H22N2O/c15-7-5-12-1-3-13(4-2-12)9-16-10-14-6-8-17-11-14/h1-4,14,16H,5-11,15H2. The van der Waals surface area contributed by atoms with Gasteiger partial charge in [0.25, 0.3) is 0 Å². The molecule has 2 rings (SSSR count). The minimum absolute atomic E-state index is 0.700. The third-order valence-electron chi connectivity index (χ3n) is 3.24. The number of benzene rings is 1. The summed E-state index contributed by atoms with van der Waals surface area (Å²) < 4.78 is 5.35. The Morgan fingerprint density at radius 1 is 1.24 bits per heavy atom. The van der Waals surface area contributed by atoms with Gasteiger partial charge in [0.2, 0.25) is 0 Å². The summed E-state index contributed by atoms with van der Waals surface area (Å²) in [6.07, 6.45) is 2.16. The molecule has 3 nitrogen and oxygen atoms in total. The monoisotopic (exact) mass is 234 g/mol. The largest absolute Gasteiger partial charge is 0.381 e. The second-order valence-electron chi connectivity index (χ2n) is 4.72. The van der Waals surface area contributed by atoms with Gasteiger partial charge in [0.05, 0.1) is 6.61 Å². The van der Waals surface area contributed by atoms with Crippen LogP contribution in [0.2, 0.25) is 0 Å². The predicted molar refractivity (Wildman–Crippen MR) is 69.8 cm³/mol. The highest BCUT2D eigenvalue weighted by Gasteiger charge is 2.14. The van der Waals surface area contributed by atoms with Gasteiger partial charge in [-0.1, -0.05) is 24.3 Å². The smallest absolute Gasteiger partial charge is 0.0507 e. The first kappa shape index (κ1) is 12.6. The summed E-state index contributed by atoms with van der Waals surface area (Å²) in [6, 6.07) is 8.71. The molecule has 0 radical (unpaired) electrons. The van der Waals surface area contributed by atoms with Crippen LogP contribution in [0.1, 0.15) is 17.5 Å². The second-order valence-corrected chi connectivity index (χ2v) is 4.72. The molecule has 0 amide bonds. The lowest BCUT2D eigenvalue weighted by Gasteiger charge is -2.09. The van der Waals surface area contributed by atoms with Crippen LogP contribution in [-0.4, -0.2) is 26.3 Å². The molecule has 1 aromatic carbocycles. The van der Waals surface area contributed by atoms with Crippen LogP contribution in [0, 0.1) is 5.92 Å². The van der Waals surface area contributed by atoms with Crippen molar-refractivity contribution in [1.29, 1.82) is 0 Å². The molecule has 17 heavy (non-hydrogen) atoms. The Labute approximate surface area is 103 Å². The van der Waals surface area contributed by atoms with Gasteiger partial charge >= 0.3 is 0 Å². The molecule has 0 saturated carbocycles. The van der Waals surface area contributed by atoms with E-state index < -0.39 is 0 Å². The fraction of sp³-hybridized carbons (Fsp3) is 0.571. The van der Waals surface area contributed by atoms with Crippen LogP contribution in [0.5, 0.6) is 0 Å². The van der Waals surface area contributed by atoms with E-state index in [1.807, 2.05) is 0 Å². The van der Waals surface area contributed by atoms with Crippen LogP contribution in [0.25, 0.3) is 0 Å². The normalized spacial score (nSPS) is 19.7. The fourth-order valence-electron chi connectivity index (χ4n) is 2.16. The molecule has 1 unspecified atom stereocenters. The summed E-state index contributed by atoms with van der Waals surface area (Å²) in [6.45, 7) is 4.58. The van der Waals surface area contributed by atoms with Crippen LogP contribution in [0.3, 0.4) is 0 Å². The molecule has 0 aromatic heterocycles. The molecule has 1 aromatic rings. The molecule has 0 bridgehead atoms. The maximum atomic E-state index is 5.52. The molecular weight excluding hydrogens is 212 g/mol. The first-order chi connectivity index (χ1) is 8.38. The Morgan fingerprint density at radius 3 is 2.65 bits per heavy atom. The van der Waals surface area contributed by atoms with Crippen LogP contribution in [-0.2, 0) is 17.7 Å². The first-order valence-corrected chi connectivity index (χ1v) is 6.45. The summed E-state index contributed by atoms with van der Waals surface area (Å²) in [5.41, 5.74) is 8.18. The minimum Gasteiger partial charge on any atom is -0.381 e. The van der Waals surface area contributed by atoms with Gasteiger partial charge in [-0.25, -0.2) is 0 Å². The molecule has 94 valence electrons. The van der Waals surface area contributed by atoms with E-state index in [4.69, 9.17) is 10.5 Å². The highest BCUT2D eigenvalue weighted by Crippen LogP contribution is 2.11. The predicted octanol–water partition coefficient (Wildman–Crippen LogP) is 1.31. The van der Waals surface area contributed by atoms with Crippen molar-refractivity contribution in [3.05, 3.63) is 35.4 Å². The van der Waals surface area contributed by atoms with Gasteiger partial charge in [-0.3, -0.25) is 0 Å². The van der Waals surface area contributed by atoms with Crippen LogP contribution in [0.4, 0.5) is 0 Å². The van der Waals surface area contributed by atoms with Crippen molar-refractivity contribution < 1.29 is 4.74 Å². The Hall–Kier alpha value is -0.900. The van der Waals surface area contributed by atoms with E-state index in [0.29, 0.717) is 5.92 Å². The second kappa shape index (κ2) is 6.74. The van der Waals surface area contributed by atoms with E-state index >= 15 is 0 Å². The average Bonchev–Trinajstić information content (AvgIpc) is 2.85. The maximum Gasteiger partial charge on any atom is 0.0507 e. The quantitative estimate of drug-likeness (QED) is 0.780. The van der Waals surface area contributed by atoms with Crippen molar-refractivity contribution >= 4 is 0 Å². The molecule has 1 fully saturated rings. The molecule has 3 N–H and O–H groups in total. The molecule has 1 aliphatic rings. The third kappa shape index (κ3) is 4.11. The highest BCUT2D eigenvalue weighted by atomic mass is 16.5. The number of ether oxygens (including phenoxy) is 1. The molecule has 0 aliphatic carbocycles. The SMILES string of the molecule is NCCc1ccc(CNCC2CCOC2)cc1. The topological polar surface area (TPSA) is 47.3 Å². The van der Waals surface area contributed by atoms with Crippen molar-refractivity contribution in [2.75, 3.05) is 26.3 Å². The van der Waals surface area contributed by atoms with E-state index in [9.17, 15) is 0 Å². The zero-order chi connectivity index (χ0) is 11.9. The van der Waals surface area contributed by atoms with Gasteiger partial charge < -0.3 is 15.8 Å². The van der Waals surface area contributed by atoms with Crippen molar-refractivity contribution in [3.8, 4) is 0 Å². The lowest BCUT2D eigenvalue weighted by molar-refractivity contribution is 0.185. The molecule has 1 atom stereocenters. The number of hydrogen-bond acceptors (Lipinski definition) is 3. The summed E-state index contributed by atoms with van der Waals surface area (Å²) >= 11 is 0. The van der Waals surface area contributed by atoms with Gasteiger partial charge in [-0.15, -0.1) is 0 Å². The Kier molecular flexibility index (Phi) is 4.98. The van der Waals surface area contributed by atoms with E-state index in [-0.39, 0.29) is 0 Å². The van der Waals surface area contributed by atoms with Crippen molar-refractivity contribution in [1.82, 2.24) is 5.32 Å². The van der Waals surface area contributed by atoms with Gasteiger partial charge in [0.1, 0.15) is 0 Å². The van der Waals surface area contributed by atoms with Crippen LogP contribution >= 0.6 is 0 Å². The Balaban J connectivity index is 1.70. The summed E-state index contributed by atoms with van der Waals surface area (Å²) in [7, 11) is 0. The van der Waals surface area contributed by atoms with Crippen molar-refractivity contribution in [3.63, 3.8) is 0 Å². The number of nitrogens with two attached hydrogens (primary N) is 1. The van der Waals surface area contributed by atoms with Gasteiger partial charge in [-0.05, 0) is 36.4 Å². The zero-order valence-electron chi connectivity index (χ0n) is 10.3. The summed E-state index contributed by atoms with van der Waals surface area (Å²) in [5, 5.41) is 3.49. The van der Waals surface area contributed by atoms with Crippen molar-refractivity contribution in [2.45, 2.75) is 19.4 Å². The highest BCUT2D eigenvalue weighted by molar-refractivity contribution is 5.22. The molecule has 1 heterocycles. The zero-order valence-corrected chi connectivity index (χ0v) is 10.3. The van der Waals surface area contributed by atoms with E-state index in [1.54, 1.807) is 0 Å². The number of hydrogen-bond donors (Lipinski definition) is 2. The lowest BCUT2D eigenvalue weighted by atomic mass is 10.1. The third-order valence-corrected chi connectivity index (χ3v) is 3.24. The molecule has 3 heteroatoms. The van der Waals surface area contributed by atoms with Crippen LogP contribution in [0.15, 0.2) is 24.3 Å². The fourth-order valence-corrected chi connectivity index (χ4v) is 2.16. The molecule has 1 aliphatic heterocycles. The molecular formula is C14H22N2O. The van der Waals surface area contributed by atoms with Gasteiger partial charge in [0, 0.05) is 19.7 Å². The van der Waals surface area contributed by atoms with E-state index in [2.05, 4.69) is 29.6 Å². The summed E-state index contributed by atoms with van der Waals surface area (Å²) in [5.74, 6) is 0.700. The van der Waals surface area contributed by atoms with E-state index in [0.717, 1.165) is 39.3 Å².